The molecule has 0 spiro atoms. The number of carbonyl (C=O) groups excluding carboxylic acids is 1. The maximum Gasteiger partial charge on any atom is 0.227 e. The fraction of sp³-hybridized carbons (Fsp3) is 0.400. The van der Waals surface area contributed by atoms with E-state index in [1.807, 2.05) is 25.1 Å². The van der Waals surface area contributed by atoms with Gasteiger partial charge in [0, 0.05) is 11.5 Å². The van der Waals surface area contributed by atoms with Crippen LogP contribution in [0.25, 0.3) is 0 Å². The second-order valence-corrected chi connectivity index (χ2v) is 4.67. The summed E-state index contributed by atoms with van der Waals surface area (Å²) in [5.41, 5.74) is 8.14. The second-order valence-electron chi connectivity index (χ2n) is 4.67. The van der Waals surface area contributed by atoms with Crippen molar-refractivity contribution in [2.24, 2.45) is 11.7 Å². The highest BCUT2D eigenvalue weighted by molar-refractivity contribution is 5.94. The third-order valence-electron chi connectivity index (χ3n) is 3.23. The van der Waals surface area contributed by atoms with Crippen LogP contribution in [0, 0.1) is 24.7 Å². The fourth-order valence-corrected chi connectivity index (χ4v) is 1.92. The lowest BCUT2D eigenvalue weighted by molar-refractivity contribution is -0.122. The molecule has 1 aliphatic carbocycles. The number of aryl methyl sites for hydroxylation is 1. The predicted molar refractivity (Wildman–Crippen MR) is 73.1 cm³/mol. The highest BCUT2D eigenvalue weighted by atomic mass is 16.1. The highest BCUT2D eigenvalue weighted by Gasteiger charge is 2.25. The largest absolute Gasteiger partial charge is 0.325 e. The van der Waals surface area contributed by atoms with Crippen LogP contribution >= 0.6 is 0 Å². The van der Waals surface area contributed by atoms with Crippen molar-refractivity contribution in [1.29, 1.82) is 0 Å². The molecule has 0 bridgehead atoms. The summed E-state index contributed by atoms with van der Waals surface area (Å²) in [4.78, 5) is 11.9. The summed E-state index contributed by atoms with van der Waals surface area (Å²) in [6, 6.07) is 5.86. The van der Waals surface area contributed by atoms with E-state index in [0.29, 0.717) is 6.54 Å². The minimum absolute atomic E-state index is 0.112. The van der Waals surface area contributed by atoms with E-state index in [2.05, 4.69) is 17.2 Å². The van der Waals surface area contributed by atoms with Crippen molar-refractivity contribution in [3.05, 3.63) is 29.3 Å². The van der Waals surface area contributed by atoms with E-state index < -0.39 is 0 Å². The molecule has 0 atom stereocenters. The Morgan fingerprint density at radius 2 is 2.28 bits per heavy atom. The summed E-state index contributed by atoms with van der Waals surface area (Å²) in [5.74, 6) is 6.13. The van der Waals surface area contributed by atoms with Crippen molar-refractivity contribution in [3.63, 3.8) is 0 Å². The fourth-order valence-electron chi connectivity index (χ4n) is 1.92. The van der Waals surface area contributed by atoms with Gasteiger partial charge in [-0.25, -0.2) is 0 Å². The Hall–Kier alpha value is -1.79. The zero-order valence-corrected chi connectivity index (χ0v) is 10.6. The number of anilines is 1. The highest BCUT2D eigenvalue weighted by Crippen LogP contribution is 2.28. The molecule has 18 heavy (non-hydrogen) atoms. The molecule has 0 saturated heterocycles. The number of nitrogens with one attached hydrogen (secondary N) is 1. The quantitative estimate of drug-likeness (QED) is 0.780. The normalized spacial score (nSPS) is 14.3. The SMILES string of the molecule is Cc1ccc(NC(=O)C2CCC2)c(C#CCN)c1. The topological polar surface area (TPSA) is 55.1 Å². The van der Waals surface area contributed by atoms with E-state index in [0.717, 1.165) is 36.1 Å². The van der Waals surface area contributed by atoms with E-state index in [4.69, 9.17) is 5.73 Å². The molecular weight excluding hydrogens is 224 g/mol. The average Bonchev–Trinajstić information content (AvgIpc) is 2.27. The van der Waals surface area contributed by atoms with Gasteiger partial charge in [-0.2, -0.15) is 0 Å². The third kappa shape index (κ3) is 2.91. The van der Waals surface area contributed by atoms with Crippen LogP contribution in [0.1, 0.15) is 30.4 Å². The minimum Gasteiger partial charge on any atom is -0.325 e. The Morgan fingerprint density at radius 3 is 2.89 bits per heavy atom. The van der Waals surface area contributed by atoms with Crippen molar-refractivity contribution in [2.45, 2.75) is 26.2 Å². The molecule has 0 aliphatic heterocycles. The van der Waals surface area contributed by atoms with Crippen LogP contribution in [0.2, 0.25) is 0 Å². The van der Waals surface area contributed by atoms with Crippen LogP contribution in [0.5, 0.6) is 0 Å². The molecule has 0 aromatic heterocycles. The van der Waals surface area contributed by atoms with Gasteiger partial charge in [-0.3, -0.25) is 4.79 Å². The third-order valence-corrected chi connectivity index (χ3v) is 3.23. The summed E-state index contributed by atoms with van der Waals surface area (Å²) in [5, 5.41) is 2.97. The molecule has 1 amide bonds. The second kappa shape index (κ2) is 5.70. The van der Waals surface area contributed by atoms with Crippen molar-refractivity contribution in [3.8, 4) is 11.8 Å². The maximum absolute atomic E-state index is 11.9. The summed E-state index contributed by atoms with van der Waals surface area (Å²) in [6.07, 6.45) is 3.16. The van der Waals surface area contributed by atoms with Gasteiger partial charge in [0.05, 0.1) is 12.2 Å². The van der Waals surface area contributed by atoms with E-state index in [1.165, 1.54) is 0 Å². The number of carbonyl (C=O) groups is 1. The van der Waals surface area contributed by atoms with Crippen molar-refractivity contribution in [2.75, 3.05) is 11.9 Å². The van der Waals surface area contributed by atoms with Crippen LogP contribution in [-0.4, -0.2) is 12.5 Å². The molecule has 2 rings (SSSR count). The Morgan fingerprint density at radius 1 is 1.50 bits per heavy atom. The summed E-state index contributed by atoms with van der Waals surface area (Å²) in [7, 11) is 0. The molecule has 1 fully saturated rings. The zero-order chi connectivity index (χ0) is 13.0. The predicted octanol–water partition coefficient (Wildman–Crippen LogP) is 2.04. The number of amides is 1. The summed E-state index contributed by atoms with van der Waals surface area (Å²) < 4.78 is 0. The molecule has 0 radical (unpaired) electrons. The Labute approximate surface area is 108 Å². The van der Waals surface area contributed by atoms with Crippen molar-refractivity contribution < 1.29 is 4.79 Å². The first-order valence-electron chi connectivity index (χ1n) is 6.31. The van der Waals surface area contributed by atoms with E-state index >= 15 is 0 Å². The molecule has 94 valence electrons. The standard InChI is InChI=1S/C15H18N2O/c1-11-7-8-14(13(10-11)6-3-9-16)17-15(18)12-4-2-5-12/h7-8,10,12H,2,4-5,9,16H2,1H3,(H,17,18). The number of rotatable bonds is 2. The van der Waals surface area contributed by atoms with Crippen LogP contribution in [0.4, 0.5) is 5.69 Å². The molecule has 1 aromatic carbocycles. The first kappa shape index (κ1) is 12.7. The van der Waals surface area contributed by atoms with Gasteiger partial charge in [0.2, 0.25) is 5.91 Å². The number of nitrogens with two attached hydrogens (primary N) is 1. The first-order chi connectivity index (χ1) is 8.70. The van der Waals surface area contributed by atoms with E-state index in [9.17, 15) is 4.79 Å². The summed E-state index contributed by atoms with van der Waals surface area (Å²) in [6.45, 7) is 2.33. The van der Waals surface area contributed by atoms with Gasteiger partial charge in [0.15, 0.2) is 0 Å². The first-order valence-corrected chi connectivity index (χ1v) is 6.31. The smallest absolute Gasteiger partial charge is 0.227 e. The Balaban J connectivity index is 2.17. The molecule has 0 heterocycles. The van der Waals surface area contributed by atoms with E-state index in [1.54, 1.807) is 0 Å². The molecule has 3 nitrogen and oxygen atoms in total. The molecule has 1 saturated carbocycles. The average molecular weight is 242 g/mol. The van der Waals surface area contributed by atoms with Crippen molar-refractivity contribution >= 4 is 11.6 Å². The van der Waals surface area contributed by atoms with Gasteiger partial charge in [0.25, 0.3) is 0 Å². The van der Waals surface area contributed by atoms with Crippen molar-refractivity contribution in [1.82, 2.24) is 0 Å². The van der Waals surface area contributed by atoms with Crippen LogP contribution in [-0.2, 0) is 4.79 Å². The molecular formula is C15H18N2O. The minimum atomic E-state index is 0.112. The lowest BCUT2D eigenvalue weighted by atomic mass is 9.85. The molecule has 1 aromatic rings. The maximum atomic E-state index is 11.9. The lowest BCUT2D eigenvalue weighted by Crippen LogP contribution is -2.28. The van der Waals surface area contributed by atoms with Crippen LogP contribution in [0.3, 0.4) is 0 Å². The molecule has 1 aliphatic rings. The molecule has 3 N–H and O–H groups in total. The van der Waals surface area contributed by atoms with Gasteiger partial charge in [-0.05, 0) is 37.5 Å². The van der Waals surface area contributed by atoms with Crippen LogP contribution in [0.15, 0.2) is 18.2 Å². The van der Waals surface area contributed by atoms with Gasteiger partial charge < -0.3 is 11.1 Å². The monoisotopic (exact) mass is 242 g/mol. The molecule has 3 heteroatoms. The van der Waals surface area contributed by atoms with Gasteiger partial charge in [0.1, 0.15) is 0 Å². The Kier molecular flexibility index (Phi) is 4.01. The van der Waals surface area contributed by atoms with E-state index in [-0.39, 0.29) is 11.8 Å². The van der Waals surface area contributed by atoms with Gasteiger partial charge >= 0.3 is 0 Å². The van der Waals surface area contributed by atoms with Crippen LogP contribution < -0.4 is 11.1 Å². The number of hydrogen-bond donors (Lipinski definition) is 2. The Bertz CT molecular complexity index is 507. The van der Waals surface area contributed by atoms with Gasteiger partial charge in [-0.15, -0.1) is 0 Å². The summed E-state index contributed by atoms with van der Waals surface area (Å²) >= 11 is 0. The number of benzene rings is 1. The number of hydrogen-bond acceptors (Lipinski definition) is 2. The lowest BCUT2D eigenvalue weighted by Gasteiger charge is -2.24. The van der Waals surface area contributed by atoms with Gasteiger partial charge in [-0.1, -0.05) is 24.3 Å². The zero-order valence-electron chi connectivity index (χ0n) is 10.6. The molecule has 0 unspecified atom stereocenters.